The Hall–Kier alpha value is -1.35. The minimum atomic E-state index is -0.199. The Morgan fingerprint density at radius 1 is 1.43 bits per heavy atom. The van der Waals surface area contributed by atoms with Gasteiger partial charge in [0.25, 0.3) is 0 Å². The van der Waals surface area contributed by atoms with Crippen LogP contribution in [-0.4, -0.2) is 38.7 Å². The lowest BCUT2D eigenvalue weighted by Gasteiger charge is -2.06. The summed E-state index contributed by atoms with van der Waals surface area (Å²) >= 11 is 0. The number of guanidine groups is 1. The van der Waals surface area contributed by atoms with E-state index in [9.17, 15) is 4.79 Å². The number of hydrogen-bond donors (Lipinski definition) is 3. The fraction of sp³-hybridized carbons (Fsp3) is 0.429. The summed E-state index contributed by atoms with van der Waals surface area (Å²) in [5, 5.41) is 5.63. The number of aryl methyl sites for hydroxylation is 1. The number of halogens is 1. The number of rotatable bonds is 7. The molecule has 0 radical (unpaired) electrons. The largest absolute Gasteiger partial charge is 0.383 e. The lowest BCUT2D eigenvalue weighted by Crippen LogP contribution is -2.35. The highest BCUT2D eigenvalue weighted by Gasteiger charge is 2.02. The first-order chi connectivity index (χ1) is 9.65. The summed E-state index contributed by atoms with van der Waals surface area (Å²) in [7, 11) is 1.60. The molecule has 0 spiro atoms. The minimum Gasteiger partial charge on any atom is -0.383 e. The zero-order valence-corrected chi connectivity index (χ0v) is 14.7. The summed E-state index contributed by atoms with van der Waals surface area (Å²) in [6.45, 7) is 3.15. The van der Waals surface area contributed by atoms with E-state index in [4.69, 9.17) is 10.5 Å². The predicted molar refractivity (Wildman–Crippen MR) is 96.2 cm³/mol. The van der Waals surface area contributed by atoms with E-state index < -0.39 is 0 Å². The third-order valence-electron chi connectivity index (χ3n) is 2.62. The molecule has 1 aromatic rings. The third-order valence-corrected chi connectivity index (χ3v) is 2.62. The van der Waals surface area contributed by atoms with E-state index in [1.54, 1.807) is 7.11 Å². The first kappa shape index (κ1) is 19.7. The van der Waals surface area contributed by atoms with Gasteiger partial charge in [-0.1, -0.05) is 19.1 Å². The molecular formula is C14H23IN4O2. The Morgan fingerprint density at radius 3 is 2.86 bits per heavy atom. The minimum absolute atomic E-state index is 0. The average molecular weight is 406 g/mol. The first-order valence-electron chi connectivity index (χ1n) is 6.57. The van der Waals surface area contributed by atoms with Crippen LogP contribution >= 0.6 is 24.0 Å². The quantitative estimate of drug-likeness (QED) is 0.276. The fourth-order valence-corrected chi connectivity index (χ4v) is 1.56. The van der Waals surface area contributed by atoms with E-state index in [0.717, 1.165) is 12.1 Å². The number of carbonyl (C=O) groups excluding carboxylic acids is 1. The van der Waals surface area contributed by atoms with Crippen LogP contribution in [0.25, 0.3) is 0 Å². The molecule has 4 N–H and O–H groups in total. The molecule has 118 valence electrons. The molecule has 0 aromatic heterocycles. The second kappa shape index (κ2) is 11.3. The van der Waals surface area contributed by atoms with E-state index in [-0.39, 0.29) is 42.4 Å². The number of methoxy groups -OCH3 is 1. The normalized spacial score (nSPS) is 10.7. The lowest BCUT2D eigenvalue weighted by atomic mass is 10.1. The maximum absolute atomic E-state index is 11.7. The van der Waals surface area contributed by atoms with Crippen molar-refractivity contribution in [3.63, 3.8) is 0 Å². The smallest absolute Gasteiger partial charge is 0.246 e. The molecule has 0 aliphatic carbocycles. The number of ether oxygens (including phenoxy) is 1. The molecule has 21 heavy (non-hydrogen) atoms. The van der Waals surface area contributed by atoms with Crippen molar-refractivity contribution in [2.75, 3.05) is 32.1 Å². The molecule has 1 rings (SSSR count). The molecule has 0 saturated carbocycles. The number of benzene rings is 1. The van der Waals surface area contributed by atoms with Crippen molar-refractivity contribution in [3.8, 4) is 0 Å². The van der Waals surface area contributed by atoms with Crippen LogP contribution in [0.5, 0.6) is 0 Å². The van der Waals surface area contributed by atoms with Crippen molar-refractivity contribution < 1.29 is 9.53 Å². The molecule has 0 fully saturated rings. The monoisotopic (exact) mass is 406 g/mol. The molecule has 0 heterocycles. The number of nitrogens with two attached hydrogens (primary N) is 1. The Morgan fingerprint density at radius 2 is 2.19 bits per heavy atom. The van der Waals surface area contributed by atoms with Gasteiger partial charge in [-0.05, 0) is 24.1 Å². The number of anilines is 1. The van der Waals surface area contributed by atoms with Crippen molar-refractivity contribution in [3.05, 3.63) is 29.8 Å². The molecule has 1 aromatic carbocycles. The molecule has 0 unspecified atom stereocenters. The van der Waals surface area contributed by atoms with Crippen molar-refractivity contribution in [1.82, 2.24) is 5.32 Å². The van der Waals surface area contributed by atoms with Crippen molar-refractivity contribution in [2.45, 2.75) is 13.3 Å². The van der Waals surface area contributed by atoms with Gasteiger partial charge in [0.1, 0.15) is 6.54 Å². The summed E-state index contributed by atoms with van der Waals surface area (Å²) < 4.78 is 4.87. The molecule has 7 heteroatoms. The van der Waals surface area contributed by atoms with Crippen LogP contribution < -0.4 is 16.4 Å². The highest BCUT2D eigenvalue weighted by atomic mass is 127. The van der Waals surface area contributed by atoms with E-state index in [1.807, 2.05) is 24.3 Å². The third kappa shape index (κ3) is 8.51. The summed E-state index contributed by atoms with van der Waals surface area (Å²) in [5.74, 6) is 0.0363. The number of aliphatic imine (C=N–C) groups is 1. The van der Waals surface area contributed by atoms with Crippen LogP contribution in [0.3, 0.4) is 0 Å². The molecule has 0 aliphatic heterocycles. The SMILES string of the molecule is CCc1cccc(NC(=O)CN=C(N)NCCOC)c1.I. The highest BCUT2D eigenvalue weighted by Crippen LogP contribution is 2.10. The number of hydrogen-bond acceptors (Lipinski definition) is 3. The van der Waals surface area contributed by atoms with Gasteiger partial charge in [-0.15, -0.1) is 24.0 Å². The van der Waals surface area contributed by atoms with E-state index in [1.165, 1.54) is 5.56 Å². The second-order valence-corrected chi connectivity index (χ2v) is 4.22. The molecule has 1 amide bonds. The second-order valence-electron chi connectivity index (χ2n) is 4.22. The molecule has 6 nitrogen and oxygen atoms in total. The Labute approximate surface area is 142 Å². The van der Waals surface area contributed by atoms with Gasteiger partial charge >= 0.3 is 0 Å². The molecule has 0 bridgehead atoms. The molecule has 0 saturated heterocycles. The van der Waals surface area contributed by atoms with E-state index in [0.29, 0.717) is 13.2 Å². The number of carbonyl (C=O) groups is 1. The van der Waals surface area contributed by atoms with Gasteiger partial charge < -0.3 is 21.1 Å². The fourth-order valence-electron chi connectivity index (χ4n) is 1.56. The van der Waals surface area contributed by atoms with Crippen molar-refractivity contribution in [2.24, 2.45) is 10.7 Å². The van der Waals surface area contributed by atoms with Gasteiger partial charge in [0, 0.05) is 19.3 Å². The van der Waals surface area contributed by atoms with E-state index in [2.05, 4.69) is 22.5 Å². The number of nitrogens with one attached hydrogen (secondary N) is 2. The predicted octanol–water partition coefficient (Wildman–Crippen LogP) is 1.36. The Bertz CT molecular complexity index is 466. The van der Waals surface area contributed by atoms with Crippen LogP contribution in [-0.2, 0) is 16.0 Å². The van der Waals surface area contributed by atoms with Gasteiger partial charge in [0.05, 0.1) is 6.61 Å². The van der Waals surface area contributed by atoms with Crippen LogP contribution in [0.2, 0.25) is 0 Å². The van der Waals surface area contributed by atoms with Crippen molar-refractivity contribution in [1.29, 1.82) is 0 Å². The number of amides is 1. The van der Waals surface area contributed by atoms with Crippen LogP contribution in [0.15, 0.2) is 29.3 Å². The summed E-state index contributed by atoms with van der Waals surface area (Å²) in [4.78, 5) is 15.7. The highest BCUT2D eigenvalue weighted by molar-refractivity contribution is 14.0. The van der Waals surface area contributed by atoms with Gasteiger partial charge in [-0.25, -0.2) is 4.99 Å². The molecular weight excluding hydrogens is 383 g/mol. The maximum atomic E-state index is 11.7. The average Bonchev–Trinajstić information content (AvgIpc) is 2.45. The Kier molecular flexibility index (Phi) is 10.6. The summed E-state index contributed by atoms with van der Waals surface area (Å²) in [6, 6.07) is 7.73. The zero-order valence-electron chi connectivity index (χ0n) is 12.4. The topological polar surface area (TPSA) is 88.7 Å². The van der Waals surface area contributed by atoms with Gasteiger partial charge in [0.15, 0.2) is 5.96 Å². The van der Waals surface area contributed by atoms with Crippen LogP contribution in [0, 0.1) is 0 Å². The maximum Gasteiger partial charge on any atom is 0.246 e. The number of nitrogens with zero attached hydrogens (tertiary/aromatic N) is 1. The standard InChI is InChI=1S/C14H22N4O2.HI/c1-3-11-5-4-6-12(9-11)18-13(19)10-17-14(15)16-7-8-20-2;/h4-6,9H,3,7-8,10H2,1-2H3,(H,18,19)(H3,15,16,17);1H. The first-order valence-corrected chi connectivity index (χ1v) is 6.57. The summed E-state index contributed by atoms with van der Waals surface area (Å²) in [5.41, 5.74) is 7.55. The Balaban J connectivity index is 0.00000400. The lowest BCUT2D eigenvalue weighted by molar-refractivity contribution is -0.114. The zero-order chi connectivity index (χ0) is 14.8. The van der Waals surface area contributed by atoms with Crippen molar-refractivity contribution >= 4 is 41.5 Å². The van der Waals surface area contributed by atoms with Crippen LogP contribution in [0.1, 0.15) is 12.5 Å². The van der Waals surface area contributed by atoms with Crippen LogP contribution in [0.4, 0.5) is 5.69 Å². The molecule has 0 aliphatic rings. The van der Waals surface area contributed by atoms with E-state index >= 15 is 0 Å². The van der Waals surface area contributed by atoms with Gasteiger partial charge in [-0.3, -0.25) is 4.79 Å². The molecule has 0 atom stereocenters. The summed E-state index contributed by atoms with van der Waals surface area (Å²) in [6.07, 6.45) is 0.929. The van der Waals surface area contributed by atoms with Gasteiger partial charge in [0.2, 0.25) is 5.91 Å². The van der Waals surface area contributed by atoms with Gasteiger partial charge in [-0.2, -0.15) is 0 Å².